The number of likely N-dealkylation sites (N-methyl/N-ethyl adjacent to an activating group) is 1. The highest BCUT2D eigenvalue weighted by Gasteiger charge is 2.36. The molecule has 118 valence electrons. The molecule has 1 fully saturated rings. The zero-order valence-electron chi connectivity index (χ0n) is 11.7. The Hall–Kier alpha value is -1.18. The van der Waals surface area contributed by atoms with E-state index in [1.807, 2.05) is 11.8 Å². The summed E-state index contributed by atoms with van der Waals surface area (Å²) < 4.78 is 57.6. The Kier molecular flexibility index (Phi) is 4.85. The highest BCUT2D eigenvalue weighted by molar-refractivity contribution is 5.30. The second-order valence-corrected chi connectivity index (χ2v) is 4.99. The summed E-state index contributed by atoms with van der Waals surface area (Å²) in [5, 5.41) is 0. The SMILES string of the molecule is CCN1CCOC(CN)C1c1cc(F)cc(C(F)(F)F)c1. The molecule has 2 rings (SSSR count). The molecule has 1 saturated heterocycles. The fraction of sp³-hybridized carbons (Fsp3) is 0.571. The average Bonchev–Trinajstić information content (AvgIpc) is 2.44. The molecule has 2 N–H and O–H groups in total. The summed E-state index contributed by atoms with van der Waals surface area (Å²) in [5.74, 6) is -0.905. The van der Waals surface area contributed by atoms with Crippen LogP contribution in [0.15, 0.2) is 18.2 Å². The molecule has 0 amide bonds. The van der Waals surface area contributed by atoms with Gasteiger partial charge in [-0.25, -0.2) is 4.39 Å². The lowest BCUT2D eigenvalue weighted by atomic mass is 9.96. The van der Waals surface area contributed by atoms with Crippen LogP contribution < -0.4 is 5.73 Å². The van der Waals surface area contributed by atoms with Crippen LogP contribution in [0.25, 0.3) is 0 Å². The van der Waals surface area contributed by atoms with Crippen molar-refractivity contribution in [1.29, 1.82) is 0 Å². The van der Waals surface area contributed by atoms with Gasteiger partial charge in [0.15, 0.2) is 0 Å². The molecule has 3 nitrogen and oxygen atoms in total. The van der Waals surface area contributed by atoms with E-state index in [2.05, 4.69) is 0 Å². The van der Waals surface area contributed by atoms with Crippen LogP contribution in [0, 0.1) is 5.82 Å². The number of benzene rings is 1. The first-order valence-corrected chi connectivity index (χ1v) is 6.80. The molecule has 0 bridgehead atoms. The molecule has 7 heteroatoms. The van der Waals surface area contributed by atoms with Crippen molar-refractivity contribution >= 4 is 0 Å². The van der Waals surface area contributed by atoms with Gasteiger partial charge in [0.1, 0.15) is 5.82 Å². The van der Waals surface area contributed by atoms with E-state index in [0.717, 1.165) is 12.1 Å². The van der Waals surface area contributed by atoms with Crippen molar-refractivity contribution < 1.29 is 22.3 Å². The number of nitrogens with two attached hydrogens (primary N) is 1. The molecule has 21 heavy (non-hydrogen) atoms. The van der Waals surface area contributed by atoms with Gasteiger partial charge in [-0.05, 0) is 30.3 Å². The van der Waals surface area contributed by atoms with Gasteiger partial charge in [0.2, 0.25) is 0 Å². The molecule has 2 unspecified atom stereocenters. The Morgan fingerprint density at radius 3 is 2.62 bits per heavy atom. The van der Waals surface area contributed by atoms with Gasteiger partial charge in [0, 0.05) is 13.1 Å². The van der Waals surface area contributed by atoms with Crippen LogP contribution in [0.3, 0.4) is 0 Å². The minimum atomic E-state index is -4.58. The van der Waals surface area contributed by atoms with Crippen LogP contribution in [0.1, 0.15) is 24.1 Å². The van der Waals surface area contributed by atoms with Gasteiger partial charge >= 0.3 is 6.18 Å². The van der Waals surface area contributed by atoms with Gasteiger partial charge in [0.25, 0.3) is 0 Å². The number of halogens is 4. The Morgan fingerprint density at radius 2 is 2.05 bits per heavy atom. The molecule has 1 aromatic carbocycles. The van der Waals surface area contributed by atoms with Gasteiger partial charge in [-0.15, -0.1) is 0 Å². The lowest BCUT2D eigenvalue weighted by Crippen LogP contribution is -2.48. The van der Waals surface area contributed by atoms with Crippen molar-refractivity contribution in [1.82, 2.24) is 4.90 Å². The first-order chi connectivity index (χ1) is 9.86. The van der Waals surface area contributed by atoms with Crippen LogP contribution >= 0.6 is 0 Å². The number of morpholine rings is 1. The number of ether oxygens (including phenoxy) is 1. The fourth-order valence-corrected chi connectivity index (χ4v) is 2.71. The first kappa shape index (κ1) is 16.2. The molecule has 2 atom stereocenters. The quantitative estimate of drug-likeness (QED) is 0.872. The largest absolute Gasteiger partial charge is 0.416 e. The van der Waals surface area contributed by atoms with Gasteiger partial charge in [-0.1, -0.05) is 6.92 Å². The smallest absolute Gasteiger partial charge is 0.374 e. The number of rotatable bonds is 3. The maximum Gasteiger partial charge on any atom is 0.416 e. The van der Waals surface area contributed by atoms with Crippen molar-refractivity contribution in [2.45, 2.75) is 25.2 Å². The summed E-state index contributed by atoms with van der Waals surface area (Å²) in [6, 6.07) is 2.14. The van der Waals surface area contributed by atoms with E-state index in [-0.39, 0.29) is 12.1 Å². The van der Waals surface area contributed by atoms with Crippen molar-refractivity contribution in [3.63, 3.8) is 0 Å². The summed E-state index contributed by atoms with van der Waals surface area (Å²) in [7, 11) is 0. The standard InChI is InChI=1S/C14H18F4N2O/c1-2-20-3-4-21-12(8-19)13(20)9-5-10(14(16,17)18)7-11(15)6-9/h5-7,12-13H,2-4,8,19H2,1H3. The molecule has 0 radical (unpaired) electrons. The molecule has 1 aromatic rings. The number of hydrogen-bond acceptors (Lipinski definition) is 3. The molecule has 0 aromatic heterocycles. The van der Waals surface area contributed by atoms with Crippen molar-refractivity contribution in [3.8, 4) is 0 Å². The van der Waals surface area contributed by atoms with E-state index < -0.39 is 29.7 Å². The third-order valence-corrected chi connectivity index (χ3v) is 3.68. The first-order valence-electron chi connectivity index (χ1n) is 6.80. The molecule has 0 aliphatic carbocycles. The van der Waals surface area contributed by atoms with E-state index in [0.29, 0.717) is 25.8 Å². The molecular formula is C14H18F4N2O. The van der Waals surface area contributed by atoms with Crippen LogP contribution in [-0.2, 0) is 10.9 Å². The predicted molar refractivity (Wildman–Crippen MR) is 70.2 cm³/mol. The third-order valence-electron chi connectivity index (χ3n) is 3.68. The highest BCUT2D eigenvalue weighted by atomic mass is 19.4. The van der Waals surface area contributed by atoms with Crippen LogP contribution in [-0.4, -0.2) is 37.2 Å². The van der Waals surface area contributed by atoms with Crippen LogP contribution in [0.4, 0.5) is 17.6 Å². The second-order valence-electron chi connectivity index (χ2n) is 4.99. The number of alkyl halides is 3. The zero-order valence-corrected chi connectivity index (χ0v) is 11.7. The normalized spacial score (nSPS) is 24.3. The van der Waals surface area contributed by atoms with E-state index in [1.165, 1.54) is 0 Å². The maximum atomic E-state index is 13.6. The van der Waals surface area contributed by atoms with Crippen molar-refractivity contribution in [2.75, 3.05) is 26.2 Å². The van der Waals surface area contributed by atoms with Crippen LogP contribution in [0.5, 0.6) is 0 Å². The van der Waals surface area contributed by atoms with Crippen molar-refractivity contribution in [3.05, 3.63) is 35.1 Å². The Morgan fingerprint density at radius 1 is 1.33 bits per heavy atom. The van der Waals surface area contributed by atoms with Gasteiger partial charge < -0.3 is 10.5 Å². The third kappa shape index (κ3) is 3.53. The fourth-order valence-electron chi connectivity index (χ4n) is 2.71. The second kappa shape index (κ2) is 6.29. The van der Waals surface area contributed by atoms with Gasteiger partial charge in [0.05, 0.1) is 24.3 Å². The Labute approximate surface area is 120 Å². The van der Waals surface area contributed by atoms with Crippen LogP contribution in [0.2, 0.25) is 0 Å². The van der Waals surface area contributed by atoms with Gasteiger partial charge in [-0.3, -0.25) is 4.90 Å². The molecule has 1 aliphatic rings. The van der Waals surface area contributed by atoms with E-state index in [9.17, 15) is 17.6 Å². The Balaban J connectivity index is 2.44. The van der Waals surface area contributed by atoms with E-state index >= 15 is 0 Å². The molecular weight excluding hydrogens is 288 g/mol. The molecule has 0 saturated carbocycles. The summed E-state index contributed by atoms with van der Waals surface area (Å²) in [6.07, 6.45) is -5.02. The minimum absolute atomic E-state index is 0.166. The summed E-state index contributed by atoms with van der Waals surface area (Å²) in [6.45, 7) is 3.74. The topological polar surface area (TPSA) is 38.5 Å². The van der Waals surface area contributed by atoms with Gasteiger partial charge in [-0.2, -0.15) is 13.2 Å². The summed E-state index contributed by atoms with van der Waals surface area (Å²) in [5.41, 5.74) is 4.90. The van der Waals surface area contributed by atoms with E-state index in [4.69, 9.17) is 10.5 Å². The summed E-state index contributed by atoms with van der Waals surface area (Å²) in [4.78, 5) is 1.95. The molecule has 0 spiro atoms. The van der Waals surface area contributed by atoms with Crippen molar-refractivity contribution in [2.24, 2.45) is 5.73 Å². The summed E-state index contributed by atoms with van der Waals surface area (Å²) >= 11 is 0. The molecule has 1 aliphatic heterocycles. The lowest BCUT2D eigenvalue weighted by molar-refractivity contribution is -0.138. The average molecular weight is 306 g/mol. The monoisotopic (exact) mass is 306 g/mol. The Bertz CT molecular complexity index is 480. The zero-order chi connectivity index (χ0) is 15.6. The maximum absolute atomic E-state index is 13.6. The predicted octanol–water partition coefficient (Wildman–Crippen LogP) is 2.57. The lowest BCUT2D eigenvalue weighted by Gasteiger charge is -2.40. The van der Waals surface area contributed by atoms with E-state index in [1.54, 1.807) is 0 Å². The molecule has 1 heterocycles. The minimum Gasteiger partial charge on any atom is -0.374 e. The highest BCUT2D eigenvalue weighted by Crippen LogP contribution is 2.35. The number of nitrogens with zero attached hydrogens (tertiary/aromatic N) is 1. The number of hydrogen-bond donors (Lipinski definition) is 1.